The van der Waals surface area contributed by atoms with Gasteiger partial charge in [0.05, 0.1) is 17.2 Å². The molecule has 0 aliphatic carbocycles. The molecular formula is C21H19ClN2O5S. The van der Waals surface area contributed by atoms with Gasteiger partial charge < -0.3 is 24.8 Å². The van der Waals surface area contributed by atoms with Crippen LogP contribution in [0.4, 0.5) is 5.69 Å². The number of nitrogens with one attached hydrogen (secondary N) is 2. The van der Waals surface area contributed by atoms with Crippen LogP contribution in [0.5, 0.6) is 11.5 Å². The lowest BCUT2D eigenvalue weighted by Crippen LogP contribution is -2.23. The summed E-state index contributed by atoms with van der Waals surface area (Å²) >= 11 is 7.74. The van der Waals surface area contributed by atoms with Crippen LogP contribution >= 0.6 is 23.4 Å². The molecule has 2 aliphatic rings. The second kappa shape index (κ2) is 8.89. The van der Waals surface area contributed by atoms with Gasteiger partial charge in [0.15, 0.2) is 11.5 Å². The maximum atomic E-state index is 12.5. The lowest BCUT2D eigenvalue weighted by Gasteiger charge is -2.18. The van der Waals surface area contributed by atoms with E-state index in [0.29, 0.717) is 46.6 Å². The van der Waals surface area contributed by atoms with Crippen molar-refractivity contribution < 1.29 is 23.8 Å². The monoisotopic (exact) mass is 446 g/mol. The molecule has 0 atom stereocenters. The number of hydrogen-bond acceptors (Lipinski definition) is 6. The van der Waals surface area contributed by atoms with E-state index in [0.717, 1.165) is 11.3 Å². The Morgan fingerprint density at radius 3 is 2.70 bits per heavy atom. The molecule has 0 saturated heterocycles. The van der Waals surface area contributed by atoms with Crippen molar-refractivity contribution in [2.75, 3.05) is 24.5 Å². The average Bonchev–Trinajstić information content (AvgIpc) is 3.20. The van der Waals surface area contributed by atoms with E-state index in [4.69, 9.17) is 25.8 Å². The molecule has 0 spiro atoms. The summed E-state index contributed by atoms with van der Waals surface area (Å²) in [6.45, 7) is 2.87. The summed E-state index contributed by atoms with van der Waals surface area (Å²) in [7, 11) is 0. The average molecular weight is 447 g/mol. The third-order valence-corrected chi connectivity index (χ3v) is 5.98. The quantitative estimate of drug-likeness (QED) is 0.723. The number of hydrogen-bond donors (Lipinski definition) is 2. The highest BCUT2D eigenvalue weighted by Gasteiger charge is 2.20. The first-order chi connectivity index (χ1) is 14.5. The predicted molar refractivity (Wildman–Crippen MR) is 115 cm³/mol. The summed E-state index contributed by atoms with van der Waals surface area (Å²) in [5, 5.41) is 5.87. The highest BCUT2D eigenvalue weighted by Crippen LogP contribution is 2.32. The first-order valence-corrected chi connectivity index (χ1v) is 10.6. The third kappa shape index (κ3) is 4.49. The highest BCUT2D eigenvalue weighted by molar-refractivity contribution is 8.04. The molecule has 9 heteroatoms. The third-order valence-electron chi connectivity index (χ3n) is 4.54. The summed E-state index contributed by atoms with van der Waals surface area (Å²) in [4.78, 5) is 25.5. The minimum absolute atomic E-state index is 0.201. The van der Waals surface area contributed by atoms with Gasteiger partial charge in [-0.15, -0.1) is 11.8 Å². The van der Waals surface area contributed by atoms with Crippen molar-refractivity contribution in [1.29, 1.82) is 0 Å². The SMILES string of the molecule is CC1=C(C(=O)Nc2ccc(C(=O)NCc3ccc4c(c3)OCO4)c(Cl)c2)SCCO1. The van der Waals surface area contributed by atoms with Gasteiger partial charge in [0.2, 0.25) is 6.79 Å². The molecule has 2 amide bonds. The van der Waals surface area contributed by atoms with Gasteiger partial charge in [0.25, 0.3) is 11.8 Å². The van der Waals surface area contributed by atoms with Gasteiger partial charge in [0.1, 0.15) is 10.7 Å². The number of halogens is 1. The Labute approximate surface area is 182 Å². The summed E-state index contributed by atoms with van der Waals surface area (Å²) < 4.78 is 16.0. The number of thioether (sulfide) groups is 1. The molecular weight excluding hydrogens is 428 g/mol. The molecule has 0 radical (unpaired) electrons. The molecule has 2 N–H and O–H groups in total. The Morgan fingerprint density at radius 2 is 1.90 bits per heavy atom. The lowest BCUT2D eigenvalue weighted by molar-refractivity contribution is -0.112. The fourth-order valence-corrected chi connectivity index (χ4v) is 4.11. The van der Waals surface area contributed by atoms with Crippen LogP contribution in [0.3, 0.4) is 0 Å². The van der Waals surface area contributed by atoms with Gasteiger partial charge >= 0.3 is 0 Å². The molecule has 0 unspecified atom stereocenters. The van der Waals surface area contributed by atoms with Crippen molar-refractivity contribution in [3.05, 3.63) is 63.2 Å². The molecule has 0 fully saturated rings. The second-order valence-electron chi connectivity index (χ2n) is 6.60. The van der Waals surface area contributed by atoms with Crippen LogP contribution in [-0.2, 0) is 16.1 Å². The zero-order chi connectivity index (χ0) is 21.1. The van der Waals surface area contributed by atoms with Gasteiger partial charge in [0, 0.05) is 18.0 Å². The number of fused-ring (bicyclic) bond motifs is 1. The number of anilines is 1. The summed E-state index contributed by atoms with van der Waals surface area (Å²) in [5.74, 6) is 2.11. The number of benzene rings is 2. The van der Waals surface area contributed by atoms with Crippen LogP contribution in [0, 0.1) is 0 Å². The van der Waals surface area contributed by atoms with Gasteiger partial charge in [-0.2, -0.15) is 0 Å². The second-order valence-corrected chi connectivity index (χ2v) is 8.11. The molecule has 2 aliphatic heterocycles. The minimum Gasteiger partial charge on any atom is -0.496 e. The molecule has 2 aromatic carbocycles. The van der Waals surface area contributed by atoms with Crippen molar-refractivity contribution in [1.82, 2.24) is 5.32 Å². The van der Waals surface area contributed by atoms with Crippen LogP contribution in [-0.4, -0.2) is 31.0 Å². The molecule has 7 nitrogen and oxygen atoms in total. The number of carbonyl (C=O) groups excluding carboxylic acids is 2. The van der Waals surface area contributed by atoms with Crippen molar-refractivity contribution in [3.63, 3.8) is 0 Å². The normalized spacial score (nSPS) is 14.9. The van der Waals surface area contributed by atoms with E-state index in [-0.39, 0.29) is 23.6 Å². The van der Waals surface area contributed by atoms with Gasteiger partial charge in [-0.1, -0.05) is 17.7 Å². The number of rotatable bonds is 5. The zero-order valence-electron chi connectivity index (χ0n) is 16.1. The first-order valence-electron chi connectivity index (χ1n) is 9.25. The topological polar surface area (TPSA) is 85.9 Å². The Morgan fingerprint density at radius 1 is 1.07 bits per heavy atom. The summed E-state index contributed by atoms with van der Waals surface area (Å²) in [6, 6.07) is 10.3. The van der Waals surface area contributed by atoms with Gasteiger partial charge in [-0.05, 0) is 42.8 Å². The Bertz CT molecular complexity index is 1040. The number of ether oxygens (including phenoxy) is 3. The maximum Gasteiger partial charge on any atom is 0.265 e. The van der Waals surface area contributed by atoms with Crippen LogP contribution < -0.4 is 20.1 Å². The predicted octanol–water partition coefficient (Wildman–Crippen LogP) is 3.93. The van der Waals surface area contributed by atoms with Crippen molar-refractivity contribution in [3.8, 4) is 11.5 Å². The maximum absolute atomic E-state index is 12.5. The summed E-state index contributed by atoms with van der Waals surface area (Å²) in [5.41, 5.74) is 1.70. The van der Waals surface area contributed by atoms with Crippen LogP contribution in [0.25, 0.3) is 0 Å². The van der Waals surface area contributed by atoms with Gasteiger partial charge in [-0.3, -0.25) is 9.59 Å². The summed E-state index contributed by atoms with van der Waals surface area (Å²) in [6.07, 6.45) is 0. The molecule has 0 bridgehead atoms. The van der Waals surface area contributed by atoms with E-state index in [2.05, 4.69) is 10.6 Å². The molecule has 156 valence electrons. The number of allylic oxidation sites excluding steroid dienone is 1. The van der Waals surface area contributed by atoms with E-state index in [1.54, 1.807) is 31.2 Å². The Balaban J connectivity index is 1.39. The van der Waals surface area contributed by atoms with E-state index < -0.39 is 0 Å². The molecule has 30 heavy (non-hydrogen) atoms. The highest BCUT2D eigenvalue weighted by atomic mass is 35.5. The first kappa shape index (κ1) is 20.4. The van der Waals surface area contributed by atoms with Crippen LogP contribution in [0.15, 0.2) is 47.1 Å². The number of carbonyl (C=O) groups is 2. The standard InChI is InChI=1S/C21H19ClN2O5S/c1-12-19(30-7-6-27-12)21(26)24-14-3-4-15(16(22)9-14)20(25)23-10-13-2-5-17-18(8-13)29-11-28-17/h2-5,8-9H,6-7,10-11H2,1H3,(H,23,25)(H,24,26). The minimum atomic E-state index is -0.315. The molecule has 4 rings (SSSR count). The van der Waals surface area contributed by atoms with E-state index >= 15 is 0 Å². The Kier molecular flexibility index (Phi) is 6.06. The fourth-order valence-electron chi connectivity index (χ4n) is 3.02. The van der Waals surface area contributed by atoms with Crippen LogP contribution in [0.1, 0.15) is 22.8 Å². The van der Waals surface area contributed by atoms with E-state index in [1.807, 2.05) is 12.1 Å². The van der Waals surface area contributed by atoms with Gasteiger partial charge in [-0.25, -0.2) is 0 Å². The smallest absolute Gasteiger partial charge is 0.265 e. The lowest BCUT2D eigenvalue weighted by atomic mass is 10.1. The molecule has 0 saturated carbocycles. The molecule has 0 aromatic heterocycles. The molecule has 2 heterocycles. The fraction of sp³-hybridized carbons (Fsp3) is 0.238. The van der Waals surface area contributed by atoms with E-state index in [1.165, 1.54) is 11.8 Å². The number of amides is 2. The zero-order valence-corrected chi connectivity index (χ0v) is 17.7. The van der Waals surface area contributed by atoms with E-state index in [9.17, 15) is 9.59 Å². The Hall–Kier alpha value is -2.84. The van der Waals surface area contributed by atoms with Crippen LogP contribution in [0.2, 0.25) is 5.02 Å². The van der Waals surface area contributed by atoms with Crippen molar-refractivity contribution in [2.45, 2.75) is 13.5 Å². The van der Waals surface area contributed by atoms with Crippen molar-refractivity contribution >= 4 is 40.9 Å². The van der Waals surface area contributed by atoms with Crippen molar-refractivity contribution in [2.24, 2.45) is 0 Å². The largest absolute Gasteiger partial charge is 0.496 e. The molecule has 2 aromatic rings.